The van der Waals surface area contributed by atoms with Gasteiger partial charge in [-0.1, -0.05) is 0 Å². The predicted octanol–water partition coefficient (Wildman–Crippen LogP) is 2.41. The van der Waals surface area contributed by atoms with Crippen molar-refractivity contribution in [2.45, 2.75) is 19.6 Å². The Morgan fingerprint density at radius 1 is 1.35 bits per heavy atom. The predicted molar refractivity (Wildman–Crippen MR) is 66.1 cm³/mol. The van der Waals surface area contributed by atoms with Gasteiger partial charge in [-0.15, -0.1) is 0 Å². The van der Waals surface area contributed by atoms with E-state index < -0.39 is 20.1 Å². The van der Waals surface area contributed by atoms with Crippen LogP contribution in [0.1, 0.15) is 10.4 Å². The maximum absolute atomic E-state index is 13.6. The SMILES string of the molecule is COC(=O)c1cc(N)c(O[Si](C)(C)C)cc1F. The second-order valence-electron chi connectivity index (χ2n) is 4.58. The first-order valence-electron chi connectivity index (χ1n) is 5.11. The van der Waals surface area contributed by atoms with Crippen molar-refractivity contribution >= 4 is 20.0 Å². The molecule has 2 N–H and O–H groups in total. The van der Waals surface area contributed by atoms with Gasteiger partial charge in [-0.3, -0.25) is 0 Å². The number of carbonyl (C=O) groups excluding carboxylic acids is 1. The van der Waals surface area contributed by atoms with Crippen LogP contribution in [0.25, 0.3) is 0 Å². The average molecular weight is 257 g/mol. The number of rotatable bonds is 3. The number of anilines is 1. The van der Waals surface area contributed by atoms with Crippen LogP contribution in [0.2, 0.25) is 19.6 Å². The first-order valence-corrected chi connectivity index (χ1v) is 8.52. The van der Waals surface area contributed by atoms with E-state index in [9.17, 15) is 9.18 Å². The van der Waals surface area contributed by atoms with E-state index in [1.807, 2.05) is 19.6 Å². The molecule has 6 heteroatoms. The summed E-state index contributed by atoms with van der Waals surface area (Å²) in [6.07, 6.45) is 0. The fourth-order valence-corrected chi connectivity index (χ4v) is 2.09. The molecule has 1 aromatic carbocycles. The van der Waals surface area contributed by atoms with E-state index in [0.717, 1.165) is 6.07 Å². The van der Waals surface area contributed by atoms with Crippen LogP contribution in [0.4, 0.5) is 10.1 Å². The van der Waals surface area contributed by atoms with Crippen LogP contribution in [0.3, 0.4) is 0 Å². The van der Waals surface area contributed by atoms with E-state index in [-0.39, 0.29) is 17.0 Å². The Balaban J connectivity index is 3.14. The Hall–Kier alpha value is -1.56. The highest BCUT2D eigenvalue weighted by molar-refractivity contribution is 6.70. The maximum Gasteiger partial charge on any atom is 0.340 e. The summed E-state index contributed by atoms with van der Waals surface area (Å²) >= 11 is 0. The number of ether oxygens (including phenoxy) is 1. The van der Waals surface area contributed by atoms with Gasteiger partial charge in [0.2, 0.25) is 8.32 Å². The summed E-state index contributed by atoms with van der Waals surface area (Å²) in [6.45, 7) is 5.87. The summed E-state index contributed by atoms with van der Waals surface area (Å²) < 4.78 is 23.7. The van der Waals surface area contributed by atoms with Gasteiger partial charge in [-0.25, -0.2) is 9.18 Å². The lowest BCUT2D eigenvalue weighted by molar-refractivity contribution is 0.0595. The van der Waals surface area contributed by atoms with E-state index in [2.05, 4.69) is 4.74 Å². The molecule has 0 saturated carbocycles. The number of methoxy groups -OCH3 is 1. The standard InChI is InChI=1S/C11H16FNO3Si/c1-15-11(14)7-5-9(13)10(6-8(7)12)16-17(2,3)4/h5-6H,13H2,1-4H3. The van der Waals surface area contributed by atoms with Crippen molar-refractivity contribution < 1.29 is 18.3 Å². The number of carbonyl (C=O) groups is 1. The van der Waals surface area contributed by atoms with Crippen molar-refractivity contribution in [2.75, 3.05) is 12.8 Å². The van der Waals surface area contributed by atoms with Gasteiger partial charge in [0.15, 0.2) is 0 Å². The number of nitrogens with two attached hydrogens (primary N) is 1. The highest BCUT2D eigenvalue weighted by Crippen LogP contribution is 2.28. The molecule has 17 heavy (non-hydrogen) atoms. The quantitative estimate of drug-likeness (QED) is 0.513. The third-order valence-corrected chi connectivity index (χ3v) is 2.75. The van der Waals surface area contributed by atoms with Gasteiger partial charge in [0.25, 0.3) is 0 Å². The topological polar surface area (TPSA) is 61.5 Å². The molecule has 0 aromatic heterocycles. The van der Waals surface area contributed by atoms with Crippen LogP contribution in [0.15, 0.2) is 12.1 Å². The molecule has 0 radical (unpaired) electrons. The van der Waals surface area contributed by atoms with Gasteiger partial charge in [0.1, 0.15) is 11.6 Å². The van der Waals surface area contributed by atoms with E-state index in [1.54, 1.807) is 0 Å². The van der Waals surface area contributed by atoms with Crippen molar-refractivity contribution in [3.05, 3.63) is 23.5 Å². The zero-order valence-electron chi connectivity index (χ0n) is 10.3. The van der Waals surface area contributed by atoms with Gasteiger partial charge in [0.05, 0.1) is 18.4 Å². The van der Waals surface area contributed by atoms with Crippen LogP contribution in [-0.4, -0.2) is 21.4 Å². The minimum atomic E-state index is -1.87. The smallest absolute Gasteiger partial charge is 0.340 e. The minimum Gasteiger partial charge on any atom is -0.543 e. The summed E-state index contributed by atoms with van der Waals surface area (Å²) in [5.74, 6) is -1.18. The summed E-state index contributed by atoms with van der Waals surface area (Å²) in [5, 5.41) is 0. The minimum absolute atomic E-state index is 0.187. The highest BCUT2D eigenvalue weighted by atomic mass is 28.4. The van der Waals surface area contributed by atoms with Crippen LogP contribution in [0.5, 0.6) is 5.75 Å². The van der Waals surface area contributed by atoms with E-state index in [1.165, 1.54) is 13.2 Å². The average Bonchev–Trinajstić information content (AvgIpc) is 2.20. The van der Waals surface area contributed by atoms with Gasteiger partial charge in [-0.05, 0) is 25.7 Å². The molecular weight excluding hydrogens is 241 g/mol. The van der Waals surface area contributed by atoms with Crippen molar-refractivity contribution in [2.24, 2.45) is 0 Å². The lowest BCUT2D eigenvalue weighted by atomic mass is 10.2. The maximum atomic E-state index is 13.6. The molecule has 0 spiro atoms. The Morgan fingerprint density at radius 2 is 1.94 bits per heavy atom. The van der Waals surface area contributed by atoms with Crippen LogP contribution in [-0.2, 0) is 4.74 Å². The third kappa shape index (κ3) is 3.45. The normalized spacial score (nSPS) is 11.1. The third-order valence-electron chi connectivity index (χ3n) is 1.92. The molecule has 0 atom stereocenters. The zero-order chi connectivity index (χ0) is 13.2. The van der Waals surface area contributed by atoms with Gasteiger partial charge < -0.3 is 14.9 Å². The van der Waals surface area contributed by atoms with Crippen molar-refractivity contribution in [1.29, 1.82) is 0 Å². The Labute approximate surface area is 101 Å². The number of nitrogen functional groups attached to an aromatic ring is 1. The Morgan fingerprint density at radius 3 is 2.41 bits per heavy atom. The molecule has 0 bridgehead atoms. The molecule has 0 fully saturated rings. The largest absolute Gasteiger partial charge is 0.543 e. The fraction of sp³-hybridized carbons (Fsp3) is 0.364. The van der Waals surface area contributed by atoms with E-state index in [0.29, 0.717) is 0 Å². The van der Waals surface area contributed by atoms with Crippen molar-refractivity contribution in [3.63, 3.8) is 0 Å². The molecule has 0 heterocycles. The van der Waals surface area contributed by atoms with Crippen LogP contribution >= 0.6 is 0 Å². The first kappa shape index (κ1) is 13.5. The zero-order valence-corrected chi connectivity index (χ0v) is 11.3. The summed E-state index contributed by atoms with van der Waals surface area (Å²) in [4.78, 5) is 11.2. The lowest BCUT2D eigenvalue weighted by Gasteiger charge is -2.20. The van der Waals surface area contributed by atoms with Gasteiger partial charge in [-0.2, -0.15) is 0 Å². The molecule has 0 aliphatic rings. The molecule has 0 aliphatic heterocycles. The fourth-order valence-electron chi connectivity index (χ4n) is 1.26. The van der Waals surface area contributed by atoms with Crippen LogP contribution in [0, 0.1) is 5.82 Å². The molecule has 1 rings (SSSR count). The molecular formula is C11H16FNO3Si. The molecule has 94 valence electrons. The summed E-state index contributed by atoms with van der Waals surface area (Å²) in [5.41, 5.74) is 5.76. The number of halogens is 1. The van der Waals surface area contributed by atoms with E-state index in [4.69, 9.17) is 10.2 Å². The first-order chi connectivity index (χ1) is 7.74. The monoisotopic (exact) mass is 257 g/mol. The second kappa shape index (κ2) is 4.75. The molecule has 4 nitrogen and oxygen atoms in total. The second-order valence-corrected chi connectivity index (χ2v) is 9.00. The van der Waals surface area contributed by atoms with Crippen molar-refractivity contribution in [3.8, 4) is 5.75 Å². The number of hydrogen-bond acceptors (Lipinski definition) is 4. The molecule has 0 unspecified atom stereocenters. The number of benzene rings is 1. The van der Waals surface area contributed by atoms with Gasteiger partial charge in [0, 0.05) is 6.07 Å². The number of hydrogen-bond donors (Lipinski definition) is 1. The molecule has 0 amide bonds. The Kier molecular flexibility index (Phi) is 3.77. The summed E-state index contributed by atoms with van der Waals surface area (Å²) in [7, 11) is -0.683. The van der Waals surface area contributed by atoms with Crippen LogP contribution < -0.4 is 10.2 Å². The molecule has 0 saturated heterocycles. The molecule has 0 aliphatic carbocycles. The summed E-state index contributed by atoms with van der Waals surface area (Å²) in [6, 6.07) is 2.36. The van der Waals surface area contributed by atoms with Gasteiger partial charge >= 0.3 is 5.97 Å². The molecule has 1 aromatic rings. The number of esters is 1. The Bertz CT molecular complexity index is 443. The highest BCUT2D eigenvalue weighted by Gasteiger charge is 2.21. The van der Waals surface area contributed by atoms with Crippen molar-refractivity contribution in [1.82, 2.24) is 0 Å². The lowest BCUT2D eigenvalue weighted by Crippen LogP contribution is -2.29. The van der Waals surface area contributed by atoms with E-state index >= 15 is 0 Å².